The first-order chi connectivity index (χ1) is 9.85. The quantitative estimate of drug-likeness (QED) is 0.832. The predicted molar refractivity (Wildman–Crippen MR) is 84.8 cm³/mol. The van der Waals surface area contributed by atoms with Gasteiger partial charge in [-0.2, -0.15) is 0 Å². The largest absolute Gasteiger partial charge is 0.368 e. The van der Waals surface area contributed by atoms with Crippen LogP contribution in [0.5, 0.6) is 0 Å². The Labute approximate surface area is 121 Å². The summed E-state index contributed by atoms with van der Waals surface area (Å²) in [6.07, 6.45) is 1.82. The van der Waals surface area contributed by atoms with Gasteiger partial charge in [-0.25, -0.2) is 4.98 Å². The lowest BCUT2D eigenvalue weighted by atomic mass is 10.1. The van der Waals surface area contributed by atoms with Gasteiger partial charge in [-0.05, 0) is 30.8 Å². The number of benzene rings is 1. The number of hydrogen-bond acceptors (Lipinski definition) is 3. The third-order valence-electron chi connectivity index (χ3n) is 3.58. The van der Waals surface area contributed by atoms with Gasteiger partial charge in [-0.3, -0.25) is 4.90 Å². The molecule has 20 heavy (non-hydrogen) atoms. The molecule has 0 saturated carbocycles. The number of hydrogen-bond donors (Lipinski definition) is 1. The topological polar surface area (TPSA) is 28.2 Å². The molecule has 2 rings (SSSR count). The molecule has 106 valence electrons. The summed E-state index contributed by atoms with van der Waals surface area (Å²) < 4.78 is 0. The Balaban J connectivity index is 2.11. The van der Waals surface area contributed by atoms with Crippen LogP contribution in [0.4, 0.5) is 5.82 Å². The molecule has 0 amide bonds. The summed E-state index contributed by atoms with van der Waals surface area (Å²) in [7, 11) is 0. The van der Waals surface area contributed by atoms with Gasteiger partial charge < -0.3 is 5.32 Å². The molecule has 1 aromatic carbocycles. The molecule has 0 aliphatic rings. The highest BCUT2D eigenvalue weighted by Gasteiger charge is 2.17. The van der Waals surface area contributed by atoms with Crippen LogP contribution >= 0.6 is 0 Å². The lowest BCUT2D eigenvalue weighted by Crippen LogP contribution is -2.33. The lowest BCUT2D eigenvalue weighted by molar-refractivity contribution is 0.228. The Morgan fingerprint density at radius 1 is 1.00 bits per heavy atom. The minimum Gasteiger partial charge on any atom is -0.368 e. The summed E-state index contributed by atoms with van der Waals surface area (Å²) in [4.78, 5) is 6.79. The summed E-state index contributed by atoms with van der Waals surface area (Å²) in [6, 6.07) is 17.0. The van der Waals surface area contributed by atoms with Crippen LogP contribution < -0.4 is 5.32 Å². The maximum absolute atomic E-state index is 4.33. The van der Waals surface area contributed by atoms with Gasteiger partial charge in [-0.15, -0.1) is 0 Å². The highest BCUT2D eigenvalue weighted by Crippen LogP contribution is 2.20. The number of nitrogens with zero attached hydrogens (tertiary/aromatic N) is 2. The van der Waals surface area contributed by atoms with E-state index < -0.39 is 0 Å². The lowest BCUT2D eigenvalue weighted by Gasteiger charge is -2.30. The van der Waals surface area contributed by atoms with Crippen molar-refractivity contribution in [1.82, 2.24) is 9.88 Å². The fourth-order valence-corrected chi connectivity index (χ4v) is 2.47. The summed E-state index contributed by atoms with van der Waals surface area (Å²) in [5.41, 5.74) is 1.35. The van der Waals surface area contributed by atoms with Crippen LogP contribution in [0.25, 0.3) is 0 Å². The molecule has 3 heteroatoms. The number of nitrogens with one attached hydrogen (secondary N) is 1. The van der Waals surface area contributed by atoms with E-state index in [-0.39, 0.29) is 0 Å². The van der Waals surface area contributed by atoms with Crippen molar-refractivity contribution in [2.45, 2.75) is 19.9 Å². The van der Waals surface area contributed by atoms with Gasteiger partial charge in [0.05, 0.1) is 6.04 Å². The van der Waals surface area contributed by atoms with Gasteiger partial charge >= 0.3 is 0 Å². The van der Waals surface area contributed by atoms with E-state index >= 15 is 0 Å². The van der Waals surface area contributed by atoms with E-state index in [0.29, 0.717) is 6.04 Å². The van der Waals surface area contributed by atoms with Gasteiger partial charge in [0.2, 0.25) is 0 Å². The van der Waals surface area contributed by atoms with Crippen LogP contribution in [0.15, 0.2) is 54.7 Å². The van der Waals surface area contributed by atoms with Crippen molar-refractivity contribution in [2.24, 2.45) is 0 Å². The molecule has 0 radical (unpaired) electrons. The van der Waals surface area contributed by atoms with Gasteiger partial charge in [0.25, 0.3) is 0 Å². The maximum atomic E-state index is 4.33. The first-order valence-corrected chi connectivity index (χ1v) is 7.29. The summed E-state index contributed by atoms with van der Waals surface area (Å²) >= 11 is 0. The molecule has 0 bridgehead atoms. The van der Waals surface area contributed by atoms with E-state index in [1.807, 2.05) is 24.4 Å². The second-order valence-corrected chi connectivity index (χ2v) is 4.74. The second kappa shape index (κ2) is 7.65. The van der Waals surface area contributed by atoms with Crippen LogP contribution in [0.3, 0.4) is 0 Å². The van der Waals surface area contributed by atoms with Crippen molar-refractivity contribution in [3.8, 4) is 0 Å². The molecular weight excluding hydrogens is 246 g/mol. The van der Waals surface area contributed by atoms with E-state index in [4.69, 9.17) is 0 Å². The summed E-state index contributed by atoms with van der Waals surface area (Å²) in [5, 5.41) is 3.44. The van der Waals surface area contributed by atoms with Crippen molar-refractivity contribution in [2.75, 3.05) is 25.0 Å². The second-order valence-electron chi connectivity index (χ2n) is 4.74. The Kier molecular flexibility index (Phi) is 5.56. The molecule has 3 nitrogen and oxygen atoms in total. The average molecular weight is 269 g/mol. The SMILES string of the molecule is CCN(CC)C(CNc1ccccn1)c1ccccc1. The third kappa shape index (κ3) is 3.81. The molecule has 0 fully saturated rings. The van der Waals surface area contributed by atoms with Crippen LogP contribution in [0.1, 0.15) is 25.5 Å². The van der Waals surface area contributed by atoms with Crippen molar-refractivity contribution in [1.29, 1.82) is 0 Å². The smallest absolute Gasteiger partial charge is 0.125 e. The zero-order valence-corrected chi connectivity index (χ0v) is 12.3. The molecular formula is C17H23N3. The van der Waals surface area contributed by atoms with Crippen LogP contribution in [-0.4, -0.2) is 29.5 Å². The maximum Gasteiger partial charge on any atom is 0.125 e. The molecule has 0 aliphatic carbocycles. The molecule has 1 N–H and O–H groups in total. The number of aromatic nitrogens is 1. The Morgan fingerprint density at radius 2 is 1.70 bits per heavy atom. The van der Waals surface area contributed by atoms with Crippen molar-refractivity contribution < 1.29 is 0 Å². The molecule has 1 atom stereocenters. The Hall–Kier alpha value is -1.87. The fraction of sp³-hybridized carbons (Fsp3) is 0.353. The first-order valence-electron chi connectivity index (χ1n) is 7.29. The zero-order valence-electron chi connectivity index (χ0n) is 12.3. The van der Waals surface area contributed by atoms with E-state index in [2.05, 4.69) is 59.4 Å². The van der Waals surface area contributed by atoms with Gasteiger partial charge in [-0.1, -0.05) is 50.2 Å². The monoisotopic (exact) mass is 269 g/mol. The summed E-state index contributed by atoms with van der Waals surface area (Å²) in [6.45, 7) is 7.36. The van der Waals surface area contributed by atoms with Crippen molar-refractivity contribution in [3.63, 3.8) is 0 Å². The van der Waals surface area contributed by atoms with Crippen LogP contribution in [-0.2, 0) is 0 Å². The number of pyridine rings is 1. The minimum atomic E-state index is 0.369. The van der Waals surface area contributed by atoms with Gasteiger partial charge in [0.15, 0.2) is 0 Å². The fourth-order valence-electron chi connectivity index (χ4n) is 2.47. The summed E-state index contributed by atoms with van der Waals surface area (Å²) in [5.74, 6) is 0.931. The van der Waals surface area contributed by atoms with Crippen molar-refractivity contribution >= 4 is 5.82 Å². The predicted octanol–water partition coefficient (Wildman–Crippen LogP) is 3.58. The number of anilines is 1. The van der Waals surface area contributed by atoms with E-state index in [1.165, 1.54) is 5.56 Å². The van der Waals surface area contributed by atoms with Gasteiger partial charge in [0.1, 0.15) is 5.82 Å². The molecule has 1 unspecified atom stereocenters. The Bertz CT molecular complexity index is 480. The van der Waals surface area contributed by atoms with Crippen LogP contribution in [0.2, 0.25) is 0 Å². The molecule has 0 spiro atoms. The van der Waals surface area contributed by atoms with Gasteiger partial charge in [0, 0.05) is 12.7 Å². The average Bonchev–Trinajstić information content (AvgIpc) is 2.53. The molecule has 1 heterocycles. The van der Waals surface area contributed by atoms with E-state index in [1.54, 1.807) is 0 Å². The Morgan fingerprint density at radius 3 is 2.30 bits per heavy atom. The number of rotatable bonds is 7. The van der Waals surface area contributed by atoms with Crippen LogP contribution in [0, 0.1) is 0 Å². The molecule has 1 aromatic heterocycles. The normalized spacial score (nSPS) is 12.3. The van der Waals surface area contributed by atoms with E-state index in [9.17, 15) is 0 Å². The number of likely N-dealkylation sites (N-methyl/N-ethyl adjacent to an activating group) is 1. The van der Waals surface area contributed by atoms with Crippen molar-refractivity contribution in [3.05, 3.63) is 60.3 Å². The highest BCUT2D eigenvalue weighted by molar-refractivity contribution is 5.34. The molecule has 0 saturated heterocycles. The van der Waals surface area contributed by atoms with E-state index in [0.717, 1.165) is 25.5 Å². The minimum absolute atomic E-state index is 0.369. The standard InChI is InChI=1S/C17H23N3/c1-3-20(4-2)16(15-10-6-5-7-11-15)14-19-17-12-8-9-13-18-17/h5-13,16H,3-4,14H2,1-2H3,(H,18,19). The zero-order chi connectivity index (χ0) is 14.2. The molecule has 2 aromatic rings. The molecule has 0 aliphatic heterocycles. The first kappa shape index (κ1) is 14.5. The third-order valence-corrected chi connectivity index (χ3v) is 3.58. The highest BCUT2D eigenvalue weighted by atomic mass is 15.2.